The van der Waals surface area contributed by atoms with Crippen LogP contribution in [0.25, 0.3) is 0 Å². The lowest BCUT2D eigenvalue weighted by atomic mass is 10.0. The number of hydrogen-bond donors (Lipinski definition) is 1. The molecule has 1 aromatic carbocycles. The van der Waals surface area contributed by atoms with Crippen molar-refractivity contribution in [3.63, 3.8) is 0 Å². The fourth-order valence-corrected chi connectivity index (χ4v) is 3.39. The Bertz CT molecular complexity index is 447. The SMILES string of the molecule is CCCNC(C)c1ccc(N2CCCC(C)CC2)cc1Cl. The molecule has 1 heterocycles. The summed E-state index contributed by atoms with van der Waals surface area (Å²) in [4.78, 5) is 2.49. The van der Waals surface area contributed by atoms with E-state index in [1.807, 2.05) is 0 Å². The highest BCUT2D eigenvalue weighted by Gasteiger charge is 2.16. The highest BCUT2D eigenvalue weighted by Crippen LogP contribution is 2.29. The van der Waals surface area contributed by atoms with Crippen molar-refractivity contribution in [1.82, 2.24) is 5.32 Å². The Morgan fingerprint density at radius 1 is 1.33 bits per heavy atom. The molecule has 1 aliphatic rings. The number of anilines is 1. The van der Waals surface area contributed by atoms with Crippen LogP contribution in [0.5, 0.6) is 0 Å². The molecule has 3 heteroatoms. The molecule has 0 radical (unpaired) electrons. The zero-order chi connectivity index (χ0) is 15.2. The van der Waals surface area contributed by atoms with E-state index in [4.69, 9.17) is 11.6 Å². The van der Waals surface area contributed by atoms with Gasteiger partial charge >= 0.3 is 0 Å². The van der Waals surface area contributed by atoms with Crippen LogP contribution in [0.3, 0.4) is 0 Å². The van der Waals surface area contributed by atoms with Crippen LogP contribution in [0.15, 0.2) is 18.2 Å². The van der Waals surface area contributed by atoms with Crippen LogP contribution < -0.4 is 10.2 Å². The summed E-state index contributed by atoms with van der Waals surface area (Å²) in [5.74, 6) is 0.850. The Morgan fingerprint density at radius 3 is 2.86 bits per heavy atom. The van der Waals surface area contributed by atoms with E-state index < -0.39 is 0 Å². The summed E-state index contributed by atoms with van der Waals surface area (Å²) in [6, 6.07) is 6.90. The van der Waals surface area contributed by atoms with Crippen LogP contribution >= 0.6 is 11.6 Å². The van der Waals surface area contributed by atoms with Crippen LogP contribution in [0.1, 0.15) is 58.1 Å². The fourth-order valence-electron chi connectivity index (χ4n) is 3.06. The normalized spacial score (nSPS) is 21.1. The molecular formula is C18H29ClN2. The number of halogens is 1. The Labute approximate surface area is 134 Å². The molecule has 1 N–H and O–H groups in total. The van der Waals surface area contributed by atoms with Crippen molar-refractivity contribution < 1.29 is 0 Å². The largest absolute Gasteiger partial charge is 0.371 e. The van der Waals surface area contributed by atoms with E-state index in [1.54, 1.807) is 0 Å². The van der Waals surface area contributed by atoms with E-state index in [0.29, 0.717) is 6.04 Å². The van der Waals surface area contributed by atoms with E-state index in [2.05, 4.69) is 49.2 Å². The van der Waals surface area contributed by atoms with Gasteiger partial charge in [0.25, 0.3) is 0 Å². The van der Waals surface area contributed by atoms with Crippen molar-refractivity contribution in [2.75, 3.05) is 24.5 Å². The van der Waals surface area contributed by atoms with Gasteiger partial charge in [-0.2, -0.15) is 0 Å². The highest BCUT2D eigenvalue weighted by molar-refractivity contribution is 6.31. The molecule has 2 rings (SSSR count). The molecule has 2 atom stereocenters. The summed E-state index contributed by atoms with van der Waals surface area (Å²) >= 11 is 6.53. The molecule has 0 aliphatic carbocycles. The molecule has 0 bridgehead atoms. The average Bonchev–Trinajstić information content (AvgIpc) is 2.69. The first-order valence-corrected chi connectivity index (χ1v) is 8.77. The highest BCUT2D eigenvalue weighted by atomic mass is 35.5. The standard InChI is InChI=1S/C18H29ClN2/c1-4-10-20-15(3)17-8-7-16(13-18(17)19)21-11-5-6-14(2)9-12-21/h7-8,13-15,20H,4-6,9-12H2,1-3H3. The molecule has 0 spiro atoms. The number of nitrogens with zero attached hydrogens (tertiary/aromatic N) is 1. The smallest absolute Gasteiger partial charge is 0.0474 e. The second kappa shape index (κ2) is 8.05. The summed E-state index contributed by atoms with van der Waals surface area (Å²) < 4.78 is 0. The van der Waals surface area contributed by atoms with Gasteiger partial charge in [-0.15, -0.1) is 0 Å². The molecular weight excluding hydrogens is 280 g/mol. The molecule has 0 amide bonds. The van der Waals surface area contributed by atoms with Crippen LogP contribution in [0.4, 0.5) is 5.69 Å². The Kier molecular flexibility index (Phi) is 6.38. The van der Waals surface area contributed by atoms with Crippen LogP contribution in [-0.2, 0) is 0 Å². The van der Waals surface area contributed by atoms with Gasteiger partial charge in [0.05, 0.1) is 0 Å². The molecule has 21 heavy (non-hydrogen) atoms. The third-order valence-electron chi connectivity index (χ3n) is 4.53. The lowest BCUT2D eigenvalue weighted by molar-refractivity contribution is 0.521. The Morgan fingerprint density at radius 2 is 2.14 bits per heavy atom. The Balaban J connectivity index is 2.07. The average molecular weight is 309 g/mol. The maximum atomic E-state index is 6.53. The van der Waals surface area contributed by atoms with Gasteiger partial charge in [-0.3, -0.25) is 0 Å². The van der Waals surface area contributed by atoms with E-state index in [-0.39, 0.29) is 0 Å². The number of nitrogens with one attached hydrogen (secondary N) is 1. The first-order chi connectivity index (χ1) is 10.1. The molecule has 0 aromatic heterocycles. The van der Waals surface area contributed by atoms with Crippen LogP contribution in [0.2, 0.25) is 5.02 Å². The number of rotatable bonds is 5. The second-order valence-electron chi connectivity index (χ2n) is 6.40. The maximum Gasteiger partial charge on any atom is 0.0474 e. The molecule has 0 saturated carbocycles. The molecule has 2 nitrogen and oxygen atoms in total. The summed E-state index contributed by atoms with van der Waals surface area (Å²) in [6.45, 7) is 10.1. The van der Waals surface area contributed by atoms with Crippen molar-refractivity contribution in [2.24, 2.45) is 5.92 Å². The van der Waals surface area contributed by atoms with Crippen molar-refractivity contribution in [1.29, 1.82) is 0 Å². The molecule has 2 unspecified atom stereocenters. The molecule has 1 aromatic rings. The van der Waals surface area contributed by atoms with Gasteiger partial charge in [0.1, 0.15) is 0 Å². The molecule has 1 saturated heterocycles. The minimum absolute atomic E-state index is 0.315. The lowest BCUT2D eigenvalue weighted by Crippen LogP contribution is -2.24. The first-order valence-electron chi connectivity index (χ1n) is 8.39. The quantitative estimate of drug-likeness (QED) is 0.821. The van der Waals surface area contributed by atoms with Gasteiger partial charge in [-0.25, -0.2) is 0 Å². The van der Waals surface area contributed by atoms with Crippen LogP contribution in [-0.4, -0.2) is 19.6 Å². The summed E-state index contributed by atoms with van der Waals surface area (Å²) in [6.07, 6.45) is 5.06. The molecule has 118 valence electrons. The third-order valence-corrected chi connectivity index (χ3v) is 4.86. The van der Waals surface area contributed by atoms with E-state index in [9.17, 15) is 0 Å². The van der Waals surface area contributed by atoms with Gasteiger partial charge in [0, 0.05) is 29.8 Å². The monoisotopic (exact) mass is 308 g/mol. The second-order valence-corrected chi connectivity index (χ2v) is 6.81. The minimum atomic E-state index is 0.315. The number of benzene rings is 1. The third kappa shape index (κ3) is 4.62. The fraction of sp³-hybridized carbons (Fsp3) is 0.667. The zero-order valence-electron chi connectivity index (χ0n) is 13.7. The first kappa shape index (κ1) is 16.6. The van der Waals surface area contributed by atoms with Crippen LogP contribution in [0, 0.1) is 5.92 Å². The lowest BCUT2D eigenvalue weighted by Gasteiger charge is -2.24. The van der Waals surface area contributed by atoms with E-state index >= 15 is 0 Å². The molecule has 1 fully saturated rings. The predicted octanol–water partition coefficient (Wildman–Crippen LogP) is 5.03. The van der Waals surface area contributed by atoms with E-state index in [0.717, 1.165) is 37.0 Å². The summed E-state index contributed by atoms with van der Waals surface area (Å²) in [5, 5.41) is 4.40. The van der Waals surface area contributed by atoms with Gasteiger partial charge in [-0.05, 0) is 62.8 Å². The summed E-state index contributed by atoms with van der Waals surface area (Å²) in [5.41, 5.74) is 2.48. The van der Waals surface area contributed by atoms with Gasteiger partial charge < -0.3 is 10.2 Å². The Hall–Kier alpha value is -0.730. The summed E-state index contributed by atoms with van der Waals surface area (Å²) in [7, 11) is 0. The van der Waals surface area contributed by atoms with Crippen molar-refractivity contribution >= 4 is 17.3 Å². The molecule has 1 aliphatic heterocycles. The van der Waals surface area contributed by atoms with Gasteiger partial charge in [-0.1, -0.05) is 31.5 Å². The van der Waals surface area contributed by atoms with Crippen molar-refractivity contribution in [3.8, 4) is 0 Å². The van der Waals surface area contributed by atoms with E-state index in [1.165, 1.54) is 30.5 Å². The number of hydrogen-bond acceptors (Lipinski definition) is 2. The topological polar surface area (TPSA) is 15.3 Å². The zero-order valence-corrected chi connectivity index (χ0v) is 14.4. The predicted molar refractivity (Wildman–Crippen MR) is 93.4 cm³/mol. The van der Waals surface area contributed by atoms with Gasteiger partial charge in [0.2, 0.25) is 0 Å². The maximum absolute atomic E-state index is 6.53. The van der Waals surface area contributed by atoms with Crippen molar-refractivity contribution in [2.45, 2.75) is 52.5 Å². The van der Waals surface area contributed by atoms with Gasteiger partial charge in [0.15, 0.2) is 0 Å². The minimum Gasteiger partial charge on any atom is -0.371 e. The van der Waals surface area contributed by atoms with Crippen molar-refractivity contribution in [3.05, 3.63) is 28.8 Å².